The first kappa shape index (κ1) is 15.8. The highest BCUT2D eigenvalue weighted by Gasteiger charge is 2.01. The number of guanidine groups is 1. The van der Waals surface area contributed by atoms with E-state index in [4.69, 9.17) is 0 Å². The molecule has 0 aromatic carbocycles. The molecule has 0 aliphatic rings. The monoisotopic (exact) mass is 284 g/mol. The van der Waals surface area contributed by atoms with Crippen LogP contribution in [0.15, 0.2) is 11.3 Å². The van der Waals surface area contributed by atoms with Crippen LogP contribution < -0.4 is 10.6 Å². The molecule has 108 valence electrons. The van der Waals surface area contributed by atoms with Crippen molar-refractivity contribution in [3.63, 3.8) is 0 Å². The van der Waals surface area contributed by atoms with Gasteiger partial charge in [-0.15, -0.1) is 0 Å². The maximum atomic E-state index is 4.50. The molecule has 0 amide bonds. The Morgan fingerprint density at radius 1 is 1.42 bits per heavy atom. The number of nitrogens with zero attached hydrogens (tertiary/aromatic N) is 4. The summed E-state index contributed by atoms with van der Waals surface area (Å²) in [5, 5.41) is 10.6. The van der Waals surface area contributed by atoms with Crippen molar-refractivity contribution in [1.82, 2.24) is 25.4 Å². The lowest BCUT2D eigenvalue weighted by Crippen LogP contribution is -2.37. The Labute approximate surface area is 119 Å². The predicted octanol–water partition coefficient (Wildman–Crippen LogP) is 1.01. The van der Waals surface area contributed by atoms with Crippen LogP contribution in [0.1, 0.15) is 25.6 Å². The van der Waals surface area contributed by atoms with Gasteiger partial charge in [0.1, 0.15) is 18.7 Å². The van der Waals surface area contributed by atoms with Gasteiger partial charge in [0.05, 0.1) is 0 Å². The van der Waals surface area contributed by atoms with Gasteiger partial charge in [0, 0.05) is 20.1 Å². The van der Waals surface area contributed by atoms with Crippen LogP contribution in [-0.2, 0) is 13.6 Å². The van der Waals surface area contributed by atoms with Crippen LogP contribution in [-0.4, -0.2) is 45.8 Å². The SMILES string of the molecule is CCNC(=NCc1ncnn1C)NCCCCSC. The summed E-state index contributed by atoms with van der Waals surface area (Å²) in [4.78, 5) is 8.66. The van der Waals surface area contributed by atoms with Crippen molar-refractivity contribution in [3.05, 3.63) is 12.2 Å². The van der Waals surface area contributed by atoms with Crippen molar-refractivity contribution in [3.8, 4) is 0 Å². The molecule has 1 aromatic rings. The molecule has 1 heterocycles. The number of rotatable bonds is 8. The second-order valence-corrected chi connectivity index (χ2v) is 5.11. The molecule has 2 N–H and O–H groups in total. The van der Waals surface area contributed by atoms with E-state index in [0.717, 1.165) is 31.3 Å². The van der Waals surface area contributed by atoms with Gasteiger partial charge in [-0.1, -0.05) is 0 Å². The van der Waals surface area contributed by atoms with Crippen molar-refractivity contribution in [2.45, 2.75) is 26.3 Å². The fourth-order valence-electron chi connectivity index (χ4n) is 1.53. The molecule has 0 aliphatic heterocycles. The molecule has 0 spiro atoms. The molecule has 0 atom stereocenters. The van der Waals surface area contributed by atoms with Gasteiger partial charge in [0.2, 0.25) is 0 Å². The molecule has 0 aliphatic carbocycles. The fraction of sp³-hybridized carbons (Fsp3) is 0.750. The third kappa shape index (κ3) is 6.47. The Bertz CT molecular complexity index is 376. The minimum Gasteiger partial charge on any atom is -0.357 e. The molecule has 19 heavy (non-hydrogen) atoms. The highest BCUT2D eigenvalue weighted by molar-refractivity contribution is 7.98. The molecule has 1 rings (SSSR count). The average molecular weight is 284 g/mol. The van der Waals surface area contributed by atoms with Crippen LogP contribution in [0.5, 0.6) is 0 Å². The van der Waals surface area contributed by atoms with Gasteiger partial charge >= 0.3 is 0 Å². The van der Waals surface area contributed by atoms with Crippen molar-refractivity contribution < 1.29 is 0 Å². The summed E-state index contributed by atoms with van der Waals surface area (Å²) in [7, 11) is 1.88. The summed E-state index contributed by atoms with van der Waals surface area (Å²) >= 11 is 1.89. The number of aromatic nitrogens is 3. The van der Waals surface area contributed by atoms with E-state index in [1.807, 2.05) is 18.8 Å². The molecular formula is C12H24N6S. The van der Waals surface area contributed by atoms with Crippen LogP contribution in [0.4, 0.5) is 0 Å². The van der Waals surface area contributed by atoms with E-state index < -0.39 is 0 Å². The van der Waals surface area contributed by atoms with E-state index >= 15 is 0 Å². The van der Waals surface area contributed by atoms with Gasteiger partial charge in [0.25, 0.3) is 0 Å². The van der Waals surface area contributed by atoms with Gasteiger partial charge < -0.3 is 10.6 Å². The van der Waals surface area contributed by atoms with Gasteiger partial charge in [-0.3, -0.25) is 4.68 Å². The van der Waals surface area contributed by atoms with Crippen molar-refractivity contribution in [1.29, 1.82) is 0 Å². The molecular weight excluding hydrogens is 260 g/mol. The first-order chi connectivity index (χ1) is 9.27. The first-order valence-corrected chi connectivity index (χ1v) is 8.01. The predicted molar refractivity (Wildman–Crippen MR) is 81.4 cm³/mol. The molecule has 0 fully saturated rings. The lowest BCUT2D eigenvalue weighted by atomic mass is 10.3. The number of hydrogen-bond acceptors (Lipinski definition) is 4. The number of hydrogen-bond donors (Lipinski definition) is 2. The Kier molecular flexibility index (Phi) is 8.04. The summed E-state index contributed by atoms with van der Waals surface area (Å²) in [6, 6.07) is 0. The summed E-state index contributed by atoms with van der Waals surface area (Å²) in [5.74, 6) is 2.92. The zero-order valence-electron chi connectivity index (χ0n) is 12.0. The number of aryl methyl sites for hydroxylation is 1. The Hall–Kier alpha value is -1.24. The van der Waals surface area contributed by atoms with E-state index in [-0.39, 0.29) is 0 Å². The molecule has 0 saturated carbocycles. The van der Waals surface area contributed by atoms with Crippen molar-refractivity contribution >= 4 is 17.7 Å². The van der Waals surface area contributed by atoms with E-state index in [0.29, 0.717) is 6.54 Å². The van der Waals surface area contributed by atoms with E-state index in [2.05, 4.69) is 38.9 Å². The number of nitrogens with one attached hydrogen (secondary N) is 2. The first-order valence-electron chi connectivity index (χ1n) is 6.62. The molecule has 0 unspecified atom stereocenters. The third-order valence-electron chi connectivity index (χ3n) is 2.60. The topological polar surface area (TPSA) is 67.1 Å². The standard InChI is InChI=1S/C12H24N6S/c1-4-13-12(14-7-5-6-8-19-3)15-9-11-16-10-17-18(11)2/h10H,4-9H2,1-3H3,(H2,13,14,15). The Balaban J connectivity index is 2.36. The summed E-state index contributed by atoms with van der Waals surface area (Å²) in [6.45, 7) is 4.41. The number of thioether (sulfide) groups is 1. The van der Waals surface area contributed by atoms with Crippen LogP contribution >= 0.6 is 11.8 Å². The average Bonchev–Trinajstić information content (AvgIpc) is 2.81. The zero-order chi connectivity index (χ0) is 13.9. The highest BCUT2D eigenvalue weighted by atomic mass is 32.2. The van der Waals surface area contributed by atoms with Crippen LogP contribution in [0.25, 0.3) is 0 Å². The molecule has 1 aromatic heterocycles. The van der Waals surface area contributed by atoms with E-state index in [1.165, 1.54) is 12.2 Å². The van der Waals surface area contributed by atoms with Crippen molar-refractivity contribution in [2.75, 3.05) is 25.1 Å². The quantitative estimate of drug-likeness (QED) is 0.424. The smallest absolute Gasteiger partial charge is 0.191 e. The summed E-state index contributed by atoms with van der Waals surface area (Å²) in [5.41, 5.74) is 0. The van der Waals surface area contributed by atoms with Gasteiger partial charge in [0.15, 0.2) is 5.96 Å². The van der Waals surface area contributed by atoms with Gasteiger partial charge in [-0.05, 0) is 31.8 Å². The second-order valence-electron chi connectivity index (χ2n) is 4.12. The second kappa shape index (κ2) is 9.66. The maximum Gasteiger partial charge on any atom is 0.191 e. The molecule has 0 saturated heterocycles. The minimum absolute atomic E-state index is 0.538. The lowest BCUT2D eigenvalue weighted by Gasteiger charge is -2.10. The lowest BCUT2D eigenvalue weighted by molar-refractivity contribution is 0.693. The van der Waals surface area contributed by atoms with Crippen LogP contribution in [0.3, 0.4) is 0 Å². The largest absolute Gasteiger partial charge is 0.357 e. The van der Waals surface area contributed by atoms with Crippen molar-refractivity contribution in [2.24, 2.45) is 12.0 Å². The Morgan fingerprint density at radius 3 is 2.89 bits per heavy atom. The molecule has 0 bridgehead atoms. The molecule has 0 radical (unpaired) electrons. The Morgan fingerprint density at radius 2 is 2.26 bits per heavy atom. The molecule has 6 nitrogen and oxygen atoms in total. The van der Waals surface area contributed by atoms with Gasteiger partial charge in [-0.25, -0.2) is 9.98 Å². The fourth-order valence-corrected chi connectivity index (χ4v) is 2.03. The minimum atomic E-state index is 0.538. The van der Waals surface area contributed by atoms with Gasteiger partial charge in [-0.2, -0.15) is 16.9 Å². The van der Waals surface area contributed by atoms with E-state index in [1.54, 1.807) is 11.0 Å². The van der Waals surface area contributed by atoms with E-state index in [9.17, 15) is 0 Å². The summed E-state index contributed by atoms with van der Waals surface area (Å²) in [6.07, 6.45) is 6.08. The van der Waals surface area contributed by atoms with Crippen LogP contribution in [0, 0.1) is 0 Å². The van der Waals surface area contributed by atoms with Crippen LogP contribution in [0.2, 0.25) is 0 Å². The maximum absolute atomic E-state index is 4.50. The third-order valence-corrected chi connectivity index (χ3v) is 3.29. The zero-order valence-corrected chi connectivity index (χ0v) is 12.8. The normalized spacial score (nSPS) is 11.6. The number of unbranched alkanes of at least 4 members (excludes halogenated alkanes) is 1. The number of aliphatic imine (C=N–C) groups is 1. The summed E-state index contributed by atoms with van der Waals surface area (Å²) < 4.78 is 1.74. The molecule has 7 heteroatoms. The highest BCUT2D eigenvalue weighted by Crippen LogP contribution is 1.98.